The van der Waals surface area contributed by atoms with E-state index in [0.29, 0.717) is 17.9 Å². The van der Waals surface area contributed by atoms with Gasteiger partial charge >= 0.3 is 0 Å². The van der Waals surface area contributed by atoms with E-state index in [1.807, 2.05) is 44.2 Å². The number of carbonyl (C=O) groups excluding carboxylic acids is 2. The van der Waals surface area contributed by atoms with Gasteiger partial charge in [0.2, 0.25) is 11.8 Å². The lowest BCUT2D eigenvalue weighted by molar-refractivity contribution is -0.140. The summed E-state index contributed by atoms with van der Waals surface area (Å²) >= 11 is 0. The first-order valence-electron chi connectivity index (χ1n) is 15.2. The monoisotopic (exact) mass is 661 g/mol. The van der Waals surface area contributed by atoms with E-state index in [9.17, 15) is 22.4 Å². The lowest BCUT2D eigenvalue weighted by Crippen LogP contribution is -2.53. The van der Waals surface area contributed by atoms with Gasteiger partial charge < -0.3 is 19.7 Å². The van der Waals surface area contributed by atoms with Crippen LogP contribution in [0, 0.1) is 11.7 Å². The maximum absolute atomic E-state index is 14.6. The van der Waals surface area contributed by atoms with E-state index >= 15 is 0 Å². The van der Waals surface area contributed by atoms with Gasteiger partial charge in [0.1, 0.15) is 29.9 Å². The molecule has 0 aliphatic carbocycles. The van der Waals surface area contributed by atoms with Crippen LogP contribution in [0.5, 0.6) is 11.5 Å². The Labute approximate surface area is 276 Å². The van der Waals surface area contributed by atoms with Crippen molar-refractivity contribution in [2.24, 2.45) is 5.92 Å². The normalized spacial score (nSPS) is 11.9. The number of halogens is 1. The van der Waals surface area contributed by atoms with Crippen LogP contribution in [0.2, 0.25) is 0 Å². The standard InChI is InChI=1S/C36H40FN3O6S/c1-26(2)23-38-36(42)33(21-27-11-7-5-8-12-27)39(24-28-15-17-29(37)18-16-28)35(41)25-40(47(43,44)31-13-9-6-10-14-31)32-22-30(45-3)19-20-34(32)46-4/h5-20,22,26,33H,21,23-25H2,1-4H3,(H,38,42)/t33-/m0/s1. The van der Waals surface area contributed by atoms with Crippen molar-refractivity contribution in [1.29, 1.82) is 0 Å². The molecule has 47 heavy (non-hydrogen) atoms. The van der Waals surface area contributed by atoms with Gasteiger partial charge in [-0.3, -0.25) is 13.9 Å². The zero-order valence-electron chi connectivity index (χ0n) is 26.9. The SMILES string of the molecule is COc1ccc(OC)c(N(CC(=O)N(Cc2ccc(F)cc2)[C@@H](Cc2ccccc2)C(=O)NCC(C)C)S(=O)(=O)c2ccccc2)c1. The first-order valence-corrected chi connectivity index (χ1v) is 16.6. The predicted molar refractivity (Wildman–Crippen MR) is 179 cm³/mol. The molecule has 0 spiro atoms. The molecule has 2 amide bonds. The minimum absolute atomic E-state index is 0.0433. The van der Waals surface area contributed by atoms with Crippen LogP contribution in [0.1, 0.15) is 25.0 Å². The highest BCUT2D eigenvalue weighted by molar-refractivity contribution is 7.92. The molecule has 0 aromatic heterocycles. The molecule has 0 radical (unpaired) electrons. The predicted octanol–water partition coefficient (Wildman–Crippen LogP) is 5.45. The molecule has 1 N–H and O–H groups in total. The summed E-state index contributed by atoms with van der Waals surface area (Å²) in [6, 6.07) is 26.2. The molecule has 0 aliphatic rings. The average molecular weight is 662 g/mol. The van der Waals surface area contributed by atoms with E-state index in [4.69, 9.17) is 9.47 Å². The van der Waals surface area contributed by atoms with Crippen LogP contribution in [0.25, 0.3) is 0 Å². The lowest BCUT2D eigenvalue weighted by atomic mass is 10.0. The summed E-state index contributed by atoms with van der Waals surface area (Å²) < 4.78 is 54.3. The number of carbonyl (C=O) groups is 2. The van der Waals surface area contributed by atoms with Crippen LogP contribution in [-0.4, -0.2) is 58.5 Å². The number of hydrogen-bond acceptors (Lipinski definition) is 6. The quantitative estimate of drug-likeness (QED) is 0.182. The van der Waals surface area contributed by atoms with Gasteiger partial charge in [-0.05, 0) is 53.4 Å². The number of rotatable bonds is 15. The van der Waals surface area contributed by atoms with Crippen molar-refractivity contribution in [3.63, 3.8) is 0 Å². The Hall–Kier alpha value is -4.90. The smallest absolute Gasteiger partial charge is 0.264 e. The second-order valence-corrected chi connectivity index (χ2v) is 13.2. The maximum atomic E-state index is 14.6. The molecule has 248 valence electrons. The molecule has 4 rings (SSSR count). The first kappa shape index (κ1) is 35.0. The molecule has 0 aliphatic heterocycles. The van der Waals surface area contributed by atoms with Crippen molar-refractivity contribution in [2.45, 2.75) is 37.8 Å². The van der Waals surface area contributed by atoms with Crippen LogP contribution < -0.4 is 19.1 Å². The third-order valence-corrected chi connectivity index (χ3v) is 9.26. The Balaban J connectivity index is 1.85. The molecule has 0 fully saturated rings. The topological polar surface area (TPSA) is 105 Å². The highest BCUT2D eigenvalue weighted by Crippen LogP contribution is 2.36. The third kappa shape index (κ3) is 9.10. The van der Waals surface area contributed by atoms with Crippen molar-refractivity contribution in [3.05, 3.63) is 120 Å². The minimum Gasteiger partial charge on any atom is -0.497 e. The van der Waals surface area contributed by atoms with Crippen molar-refractivity contribution < 1.29 is 31.9 Å². The third-order valence-electron chi connectivity index (χ3n) is 7.49. The number of nitrogens with zero attached hydrogens (tertiary/aromatic N) is 2. The van der Waals surface area contributed by atoms with Crippen LogP contribution in [0.15, 0.2) is 108 Å². The maximum Gasteiger partial charge on any atom is 0.264 e. The number of anilines is 1. The van der Waals surface area contributed by atoms with Crippen molar-refractivity contribution in [2.75, 3.05) is 31.6 Å². The number of methoxy groups -OCH3 is 2. The van der Waals surface area contributed by atoms with Gasteiger partial charge in [0.25, 0.3) is 10.0 Å². The van der Waals surface area contributed by atoms with E-state index < -0.39 is 40.2 Å². The van der Waals surface area contributed by atoms with Gasteiger partial charge in [-0.15, -0.1) is 0 Å². The summed E-state index contributed by atoms with van der Waals surface area (Å²) in [4.78, 5) is 29.8. The highest BCUT2D eigenvalue weighted by atomic mass is 32.2. The van der Waals surface area contributed by atoms with Gasteiger partial charge in [-0.25, -0.2) is 12.8 Å². The molecular formula is C36H40FN3O6S. The second-order valence-electron chi connectivity index (χ2n) is 11.4. The zero-order chi connectivity index (χ0) is 34.0. The van der Waals surface area contributed by atoms with Crippen LogP contribution >= 0.6 is 0 Å². The van der Waals surface area contributed by atoms with Crippen molar-refractivity contribution in [3.8, 4) is 11.5 Å². The number of nitrogens with one attached hydrogen (secondary N) is 1. The average Bonchev–Trinajstić information content (AvgIpc) is 3.08. The molecule has 0 bridgehead atoms. The Morgan fingerprint density at radius 3 is 2.06 bits per heavy atom. The number of sulfonamides is 1. The fourth-order valence-corrected chi connectivity index (χ4v) is 6.43. The summed E-state index contributed by atoms with van der Waals surface area (Å²) in [5.41, 5.74) is 1.44. The molecule has 0 saturated carbocycles. The number of benzene rings is 4. The van der Waals surface area contributed by atoms with Crippen molar-refractivity contribution >= 4 is 27.5 Å². The summed E-state index contributed by atoms with van der Waals surface area (Å²) in [5.74, 6) is -0.816. The van der Waals surface area contributed by atoms with Gasteiger partial charge in [0, 0.05) is 25.6 Å². The molecule has 4 aromatic rings. The molecule has 0 unspecified atom stereocenters. The Bertz CT molecular complexity index is 1740. The summed E-state index contributed by atoms with van der Waals surface area (Å²) in [6.45, 7) is 3.53. The van der Waals surface area contributed by atoms with E-state index in [-0.39, 0.29) is 35.2 Å². The van der Waals surface area contributed by atoms with E-state index in [0.717, 1.165) is 9.87 Å². The molecule has 9 nitrogen and oxygen atoms in total. The minimum atomic E-state index is -4.34. The lowest BCUT2D eigenvalue weighted by Gasteiger charge is -2.34. The molecule has 1 atom stereocenters. The van der Waals surface area contributed by atoms with E-state index in [2.05, 4.69) is 5.32 Å². The molecule has 4 aromatic carbocycles. The van der Waals surface area contributed by atoms with E-state index in [1.54, 1.807) is 30.3 Å². The zero-order valence-corrected chi connectivity index (χ0v) is 27.7. The summed E-state index contributed by atoms with van der Waals surface area (Å²) in [7, 11) is -1.50. The van der Waals surface area contributed by atoms with Crippen LogP contribution in [0.4, 0.5) is 10.1 Å². The fourth-order valence-electron chi connectivity index (χ4n) is 4.99. The summed E-state index contributed by atoms with van der Waals surface area (Å²) in [5, 5.41) is 2.95. The van der Waals surface area contributed by atoms with Gasteiger partial charge in [0.05, 0.1) is 24.8 Å². The van der Waals surface area contributed by atoms with Gasteiger partial charge in [-0.2, -0.15) is 0 Å². The molecule has 0 saturated heterocycles. The van der Waals surface area contributed by atoms with Crippen molar-refractivity contribution in [1.82, 2.24) is 10.2 Å². The molecular weight excluding hydrogens is 621 g/mol. The Kier molecular flexibility index (Phi) is 12.0. The second kappa shape index (κ2) is 16.1. The first-order chi connectivity index (χ1) is 22.5. The fraction of sp³-hybridized carbons (Fsp3) is 0.278. The summed E-state index contributed by atoms with van der Waals surface area (Å²) in [6.07, 6.45) is 0.158. The van der Waals surface area contributed by atoms with E-state index in [1.165, 1.54) is 61.6 Å². The van der Waals surface area contributed by atoms with Gasteiger partial charge in [-0.1, -0.05) is 74.5 Å². The largest absolute Gasteiger partial charge is 0.497 e. The van der Waals surface area contributed by atoms with Gasteiger partial charge in [0.15, 0.2) is 0 Å². The van der Waals surface area contributed by atoms with Crippen LogP contribution in [-0.2, 0) is 32.6 Å². The Morgan fingerprint density at radius 2 is 1.47 bits per heavy atom. The number of amides is 2. The van der Waals surface area contributed by atoms with Crippen LogP contribution in [0.3, 0.4) is 0 Å². The molecule has 0 heterocycles. The Morgan fingerprint density at radius 1 is 0.830 bits per heavy atom. The number of hydrogen-bond donors (Lipinski definition) is 1. The number of ether oxygens (including phenoxy) is 2. The highest BCUT2D eigenvalue weighted by Gasteiger charge is 2.35. The molecule has 11 heteroatoms.